The maximum Gasteiger partial charge on any atom is 0.306 e. The predicted molar refractivity (Wildman–Crippen MR) is 72.9 cm³/mol. The van der Waals surface area contributed by atoms with Gasteiger partial charge in [0.05, 0.1) is 17.6 Å². The van der Waals surface area contributed by atoms with Crippen LogP contribution in [0.25, 0.3) is 0 Å². The first-order valence-electron chi connectivity index (χ1n) is 6.64. The van der Waals surface area contributed by atoms with E-state index in [0.717, 1.165) is 6.42 Å². The van der Waals surface area contributed by atoms with Gasteiger partial charge in [0.1, 0.15) is 0 Å². The summed E-state index contributed by atoms with van der Waals surface area (Å²) in [6, 6.07) is 8.71. The minimum Gasteiger partial charge on any atom is -0.481 e. The molecule has 1 aliphatic rings. The summed E-state index contributed by atoms with van der Waals surface area (Å²) in [5, 5.41) is 20.6. The zero-order valence-corrected chi connectivity index (χ0v) is 11.0. The van der Waals surface area contributed by atoms with Crippen LogP contribution in [0.4, 0.5) is 5.69 Å². The number of aliphatic carboxylic acids is 1. The van der Waals surface area contributed by atoms with E-state index in [1.807, 2.05) is 6.07 Å². The fourth-order valence-electron chi connectivity index (χ4n) is 2.56. The maximum atomic E-state index is 12.1. The molecule has 5 heteroatoms. The van der Waals surface area contributed by atoms with Crippen molar-refractivity contribution in [2.24, 2.45) is 11.8 Å². The lowest BCUT2D eigenvalue weighted by molar-refractivity contribution is -0.143. The van der Waals surface area contributed by atoms with E-state index in [1.165, 1.54) is 0 Å². The van der Waals surface area contributed by atoms with Crippen molar-refractivity contribution in [3.63, 3.8) is 0 Å². The number of benzene rings is 1. The van der Waals surface area contributed by atoms with Gasteiger partial charge in [0.25, 0.3) is 0 Å². The van der Waals surface area contributed by atoms with Gasteiger partial charge in [0.2, 0.25) is 5.91 Å². The largest absolute Gasteiger partial charge is 0.481 e. The number of rotatable bonds is 3. The number of hydrogen-bond donors (Lipinski definition) is 2. The molecule has 20 heavy (non-hydrogen) atoms. The van der Waals surface area contributed by atoms with Gasteiger partial charge < -0.3 is 10.4 Å². The Morgan fingerprint density at radius 3 is 2.75 bits per heavy atom. The van der Waals surface area contributed by atoms with Crippen molar-refractivity contribution < 1.29 is 14.7 Å². The molecule has 1 aromatic rings. The lowest BCUT2D eigenvalue weighted by atomic mass is 9.81. The van der Waals surface area contributed by atoms with Crippen molar-refractivity contribution in [1.82, 2.24) is 0 Å². The standard InChI is InChI=1S/C15H16N2O3/c16-9-10-3-1-6-13(7-10)17-14(18)11-4-2-5-12(8-11)15(19)20/h1,3,6-7,11-12H,2,4-5,8H2,(H,17,18)(H,19,20). The van der Waals surface area contributed by atoms with Crippen molar-refractivity contribution >= 4 is 17.6 Å². The number of anilines is 1. The van der Waals surface area contributed by atoms with E-state index in [4.69, 9.17) is 10.4 Å². The minimum atomic E-state index is -0.825. The molecular weight excluding hydrogens is 256 g/mol. The average molecular weight is 272 g/mol. The van der Waals surface area contributed by atoms with E-state index in [2.05, 4.69) is 5.32 Å². The minimum absolute atomic E-state index is 0.161. The molecule has 104 valence electrons. The van der Waals surface area contributed by atoms with Gasteiger partial charge >= 0.3 is 5.97 Å². The monoisotopic (exact) mass is 272 g/mol. The normalized spacial score (nSPS) is 21.8. The highest BCUT2D eigenvalue weighted by Crippen LogP contribution is 2.30. The van der Waals surface area contributed by atoms with Gasteiger partial charge in [-0.1, -0.05) is 12.5 Å². The molecular formula is C15H16N2O3. The average Bonchev–Trinajstić information content (AvgIpc) is 2.47. The fraction of sp³-hybridized carbons (Fsp3) is 0.400. The Hall–Kier alpha value is -2.35. The topological polar surface area (TPSA) is 90.2 Å². The van der Waals surface area contributed by atoms with Crippen molar-refractivity contribution in [3.05, 3.63) is 29.8 Å². The highest BCUT2D eigenvalue weighted by atomic mass is 16.4. The van der Waals surface area contributed by atoms with E-state index in [0.29, 0.717) is 30.5 Å². The summed E-state index contributed by atoms with van der Waals surface area (Å²) in [5.41, 5.74) is 1.06. The maximum absolute atomic E-state index is 12.1. The Labute approximate surface area is 117 Å². The molecule has 0 aliphatic heterocycles. The van der Waals surface area contributed by atoms with Gasteiger partial charge in [-0.15, -0.1) is 0 Å². The number of nitrogens with zero attached hydrogens (tertiary/aromatic N) is 1. The van der Waals surface area contributed by atoms with Crippen LogP contribution in [0.3, 0.4) is 0 Å². The molecule has 1 saturated carbocycles. The molecule has 0 spiro atoms. The van der Waals surface area contributed by atoms with Gasteiger partial charge in [-0.25, -0.2) is 0 Å². The van der Waals surface area contributed by atoms with Crippen LogP contribution >= 0.6 is 0 Å². The quantitative estimate of drug-likeness (QED) is 0.884. The highest BCUT2D eigenvalue weighted by Gasteiger charge is 2.30. The third-order valence-electron chi connectivity index (χ3n) is 3.65. The number of nitriles is 1. The van der Waals surface area contributed by atoms with Crippen molar-refractivity contribution in [3.8, 4) is 6.07 Å². The Balaban J connectivity index is 2.01. The number of amides is 1. The summed E-state index contributed by atoms with van der Waals surface area (Å²) >= 11 is 0. The van der Waals surface area contributed by atoms with E-state index >= 15 is 0 Å². The lowest BCUT2D eigenvalue weighted by Crippen LogP contribution is -2.30. The highest BCUT2D eigenvalue weighted by molar-refractivity contribution is 5.93. The molecule has 1 amide bonds. The molecule has 0 bridgehead atoms. The molecule has 1 aliphatic carbocycles. The van der Waals surface area contributed by atoms with Gasteiger partial charge in [0.15, 0.2) is 0 Å². The van der Waals surface area contributed by atoms with Crippen molar-refractivity contribution in [1.29, 1.82) is 5.26 Å². The first-order chi connectivity index (χ1) is 9.60. The molecule has 0 aromatic heterocycles. The molecule has 1 fully saturated rings. The molecule has 0 saturated heterocycles. The first-order valence-corrected chi connectivity index (χ1v) is 6.64. The molecule has 2 unspecified atom stereocenters. The first kappa shape index (κ1) is 14.1. The molecule has 2 N–H and O–H groups in total. The Morgan fingerprint density at radius 1 is 1.30 bits per heavy atom. The van der Waals surface area contributed by atoms with Crippen LogP contribution in [0.2, 0.25) is 0 Å². The second-order valence-electron chi connectivity index (χ2n) is 5.08. The van der Waals surface area contributed by atoms with Gasteiger partial charge in [-0.05, 0) is 37.5 Å². The second kappa shape index (κ2) is 6.20. The van der Waals surface area contributed by atoms with Crippen LogP contribution in [0, 0.1) is 23.2 Å². The Morgan fingerprint density at radius 2 is 2.05 bits per heavy atom. The predicted octanol–water partition coefficient (Wildman–Crippen LogP) is 2.39. The van der Waals surface area contributed by atoms with Crippen molar-refractivity contribution in [2.75, 3.05) is 5.32 Å². The summed E-state index contributed by atoms with van der Waals surface area (Å²) < 4.78 is 0. The fourth-order valence-corrected chi connectivity index (χ4v) is 2.56. The van der Waals surface area contributed by atoms with Crippen LogP contribution < -0.4 is 5.32 Å². The molecule has 2 rings (SSSR count). The third kappa shape index (κ3) is 3.35. The number of nitrogens with one attached hydrogen (secondary N) is 1. The van der Waals surface area contributed by atoms with Gasteiger partial charge in [0, 0.05) is 11.6 Å². The van der Waals surface area contributed by atoms with Crippen molar-refractivity contribution in [2.45, 2.75) is 25.7 Å². The number of carboxylic acid groups (broad SMARTS) is 1. The van der Waals surface area contributed by atoms with Gasteiger partial charge in [-0.3, -0.25) is 9.59 Å². The SMILES string of the molecule is N#Cc1cccc(NC(=O)C2CCCC(C(=O)O)C2)c1. The smallest absolute Gasteiger partial charge is 0.306 e. The van der Waals surface area contributed by atoms with Crippen LogP contribution in [0.5, 0.6) is 0 Å². The second-order valence-corrected chi connectivity index (χ2v) is 5.08. The summed E-state index contributed by atoms with van der Waals surface area (Å²) in [4.78, 5) is 23.1. The third-order valence-corrected chi connectivity index (χ3v) is 3.65. The lowest BCUT2D eigenvalue weighted by Gasteiger charge is -2.25. The number of carbonyl (C=O) groups excluding carboxylic acids is 1. The van der Waals surface area contributed by atoms with Crippen LogP contribution in [0.15, 0.2) is 24.3 Å². The van der Waals surface area contributed by atoms with E-state index in [1.54, 1.807) is 24.3 Å². The summed E-state index contributed by atoms with van der Waals surface area (Å²) in [5.74, 6) is -1.68. The molecule has 1 aromatic carbocycles. The van der Waals surface area contributed by atoms with E-state index in [9.17, 15) is 9.59 Å². The summed E-state index contributed by atoms with van der Waals surface area (Å²) in [6.45, 7) is 0. The van der Waals surface area contributed by atoms with Crippen LogP contribution in [-0.4, -0.2) is 17.0 Å². The van der Waals surface area contributed by atoms with E-state index < -0.39 is 11.9 Å². The molecule has 2 atom stereocenters. The zero-order chi connectivity index (χ0) is 14.5. The number of carboxylic acids is 1. The van der Waals surface area contributed by atoms with E-state index in [-0.39, 0.29) is 11.8 Å². The summed E-state index contributed by atoms with van der Waals surface area (Å²) in [6.07, 6.45) is 2.50. The molecule has 5 nitrogen and oxygen atoms in total. The van der Waals surface area contributed by atoms with Crippen LogP contribution in [-0.2, 0) is 9.59 Å². The van der Waals surface area contributed by atoms with Crippen LogP contribution in [0.1, 0.15) is 31.2 Å². The number of hydrogen-bond acceptors (Lipinski definition) is 3. The number of carbonyl (C=O) groups is 2. The van der Waals surface area contributed by atoms with Gasteiger partial charge in [-0.2, -0.15) is 5.26 Å². The Kier molecular flexibility index (Phi) is 4.36. The zero-order valence-electron chi connectivity index (χ0n) is 11.0. The Bertz CT molecular complexity index is 562. The molecule has 0 radical (unpaired) electrons. The molecule has 0 heterocycles. The summed E-state index contributed by atoms with van der Waals surface area (Å²) in [7, 11) is 0.